The molecule has 0 aliphatic heterocycles. The quantitative estimate of drug-likeness (QED) is 0.255. The van der Waals surface area contributed by atoms with Crippen molar-refractivity contribution >= 4 is 35.9 Å². The summed E-state index contributed by atoms with van der Waals surface area (Å²) in [5, 5.41) is 6.96. The van der Waals surface area contributed by atoms with Gasteiger partial charge in [0.1, 0.15) is 12.5 Å². The molecule has 0 unspecified atom stereocenters. The van der Waals surface area contributed by atoms with Gasteiger partial charge in [-0.2, -0.15) is 0 Å². The van der Waals surface area contributed by atoms with Crippen LogP contribution in [0, 0.1) is 6.92 Å². The van der Waals surface area contributed by atoms with Gasteiger partial charge in [-0.1, -0.05) is 18.2 Å². The molecule has 1 heterocycles. The number of aromatic nitrogens is 1. The highest BCUT2D eigenvalue weighted by Crippen LogP contribution is 2.32. The second-order valence-corrected chi connectivity index (χ2v) is 6.85. The van der Waals surface area contributed by atoms with E-state index in [1.54, 1.807) is 12.4 Å². The van der Waals surface area contributed by atoms with Crippen LogP contribution < -0.4 is 21.3 Å². The predicted octanol–water partition coefficient (Wildman–Crippen LogP) is 3.40. The Kier molecular flexibility index (Phi) is 13.3. The van der Waals surface area contributed by atoms with Crippen LogP contribution in [0.2, 0.25) is 0 Å². The number of para-hydroxylation sites is 1. The van der Waals surface area contributed by atoms with Gasteiger partial charge in [-0.25, -0.2) is 4.98 Å². The number of nitrogens with zero attached hydrogens (tertiary/aromatic N) is 3. The van der Waals surface area contributed by atoms with Crippen molar-refractivity contribution in [3.63, 3.8) is 0 Å². The van der Waals surface area contributed by atoms with Crippen molar-refractivity contribution in [1.29, 1.82) is 0 Å². The number of nitrogen functional groups attached to an aromatic ring is 1. The monoisotopic (exact) mass is 428 g/mol. The molecule has 1 aromatic heterocycles. The van der Waals surface area contributed by atoms with Crippen molar-refractivity contribution in [3.05, 3.63) is 42.1 Å². The van der Waals surface area contributed by atoms with E-state index < -0.39 is 0 Å². The summed E-state index contributed by atoms with van der Waals surface area (Å²) in [4.78, 5) is 18.9. The third-order valence-corrected chi connectivity index (χ3v) is 4.52. The number of rotatable bonds is 13. The Morgan fingerprint density at radius 3 is 2.65 bits per heavy atom. The van der Waals surface area contributed by atoms with E-state index >= 15 is 0 Å². The van der Waals surface area contributed by atoms with Crippen LogP contribution >= 0.6 is 0 Å². The van der Waals surface area contributed by atoms with E-state index in [1.165, 1.54) is 5.69 Å². The molecule has 0 saturated heterocycles. The Hall–Kier alpha value is -2.97. The number of ether oxygens (including phenoxy) is 1. The lowest BCUT2D eigenvalue weighted by Gasteiger charge is -2.19. The van der Waals surface area contributed by atoms with Gasteiger partial charge in [0.25, 0.3) is 0 Å². The molecule has 0 aliphatic carbocycles. The molecular weight excluding hydrogens is 392 g/mol. The molecule has 0 saturated carbocycles. The van der Waals surface area contributed by atoms with Gasteiger partial charge in [0.2, 0.25) is 0 Å². The number of aryl methyl sites for hydroxylation is 1. The number of unbranched alkanes of at least 4 members (excludes halogenated alkanes) is 1. The molecular formula is C23H36N6O2. The van der Waals surface area contributed by atoms with Crippen molar-refractivity contribution in [2.45, 2.75) is 26.7 Å². The third kappa shape index (κ3) is 9.59. The van der Waals surface area contributed by atoms with Crippen LogP contribution in [-0.2, 0) is 9.53 Å². The SMILES string of the molecule is C=O.CCOCC=Nc1c(N)ncc(C)c1NCCCCNCN(C)c1ccccc1. The maximum Gasteiger partial charge on any atom is 0.151 e. The summed E-state index contributed by atoms with van der Waals surface area (Å²) in [6.45, 7) is 9.75. The molecule has 0 bridgehead atoms. The summed E-state index contributed by atoms with van der Waals surface area (Å²) in [6, 6.07) is 10.4. The first-order valence-corrected chi connectivity index (χ1v) is 10.5. The van der Waals surface area contributed by atoms with Gasteiger partial charge in [-0.05, 0) is 50.9 Å². The van der Waals surface area contributed by atoms with Gasteiger partial charge in [0, 0.05) is 38.3 Å². The number of carbonyl (C=O) groups is 1. The maximum atomic E-state index is 8.00. The molecule has 8 nitrogen and oxygen atoms in total. The van der Waals surface area contributed by atoms with Crippen LogP contribution in [0.15, 0.2) is 41.5 Å². The van der Waals surface area contributed by atoms with Crippen molar-refractivity contribution in [1.82, 2.24) is 10.3 Å². The van der Waals surface area contributed by atoms with E-state index in [9.17, 15) is 0 Å². The zero-order valence-electron chi connectivity index (χ0n) is 18.9. The topological polar surface area (TPSA) is 105 Å². The fourth-order valence-corrected chi connectivity index (χ4v) is 2.87. The Morgan fingerprint density at radius 1 is 1.23 bits per heavy atom. The number of nitrogens with two attached hydrogens (primary N) is 1. The van der Waals surface area contributed by atoms with Gasteiger partial charge in [0.15, 0.2) is 5.82 Å². The molecule has 0 amide bonds. The minimum absolute atomic E-state index is 0.427. The first-order valence-electron chi connectivity index (χ1n) is 10.5. The van der Waals surface area contributed by atoms with Crippen LogP contribution in [0.1, 0.15) is 25.3 Å². The average molecular weight is 429 g/mol. The number of hydrogen-bond acceptors (Lipinski definition) is 8. The number of nitrogens with one attached hydrogen (secondary N) is 2. The molecule has 31 heavy (non-hydrogen) atoms. The van der Waals surface area contributed by atoms with Crippen molar-refractivity contribution in [2.75, 3.05) is 56.0 Å². The van der Waals surface area contributed by atoms with Crippen LogP contribution in [0.3, 0.4) is 0 Å². The average Bonchev–Trinajstić information content (AvgIpc) is 2.81. The highest BCUT2D eigenvalue weighted by Gasteiger charge is 2.09. The Balaban J connectivity index is 0.00000233. The molecule has 0 fully saturated rings. The summed E-state index contributed by atoms with van der Waals surface area (Å²) in [5.41, 5.74) is 9.91. The van der Waals surface area contributed by atoms with Gasteiger partial charge < -0.3 is 25.5 Å². The lowest BCUT2D eigenvalue weighted by molar-refractivity contribution is -0.0979. The standard InChI is InChI=1S/C22H34N6O.CH2O/c1-4-29-15-14-26-21-20(18(2)16-27-22(21)23)25-13-9-8-12-24-17-28(3)19-10-6-5-7-11-19;1-2/h5-7,10-11,14,16,24H,4,8-9,12-13,15,17H2,1-3H3,(H3,23,25,27);1H2. The largest absolute Gasteiger partial charge is 0.383 e. The van der Waals surface area contributed by atoms with E-state index in [2.05, 4.69) is 56.8 Å². The van der Waals surface area contributed by atoms with Gasteiger partial charge in [0.05, 0.1) is 19.0 Å². The molecule has 0 aliphatic rings. The number of anilines is 3. The molecule has 8 heteroatoms. The molecule has 2 aromatic rings. The molecule has 2 rings (SSSR count). The second kappa shape index (κ2) is 15.8. The lowest BCUT2D eigenvalue weighted by Crippen LogP contribution is -2.31. The molecule has 0 atom stereocenters. The van der Waals surface area contributed by atoms with Crippen LogP contribution in [0.25, 0.3) is 0 Å². The number of pyridine rings is 1. The molecule has 0 spiro atoms. The zero-order chi connectivity index (χ0) is 22.9. The second-order valence-electron chi connectivity index (χ2n) is 6.85. The van der Waals surface area contributed by atoms with Gasteiger partial charge >= 0.3 is 0 Å². The number of benzene rings is 1. The number of carbonyl (C=O) groups excluding carboxylic acids is 1. The van der Waals surface area contributed by atoms with Crippen molar-refractivity contribution in [3.8, 4) is 0 Å². The summed E-state index contributed by atoms with van der Waals surface area (Å²) in [6.07, 6.45) is 5.64. The lowest BCUT2D eigenvalue weighted by atomic mass is 10.2. The summed E-state index contributed by atoms with van der Waals surface area (Å²) < 4.78 is 5.30. The molecule has 1 aromatic carbocycles. The predicted molar refractivity (Wildman–Crippen MR) is 131 cm³/mol. The van der Waals surface area contributed by atoms with E-state index in [1.807, 2.05) is 26.7 Å². The van der Waals surface area contributed by atoms with E-state index in [4.69, 9.17) is 15.3 Å². The van der Waals surface area contributed by atoms with E-state index in [0.29, 0.717) is 24.7 Å². The van der Waals surface area contributed by atoms with E-state index in [-0.39, 0.29) is 0 Å². The van der Waals surface area contributed by atoms with Crippen LogP contribution in [0.5, 0.6) is 0 Å². The summed E-state index contributed by atoms with van der Waals surface area (Å²) in [5.74, 6) is 0.427. The molecule has 170 valence electrons. The maximum absolute atomic E-state index is 8.00. The highest BCUT2D eigenvalue weighted by atomic mass is 16.5. The Labute approximate surface area is 185 Å². The fourth-order valence-electron chi connectivity index (χ4n) is 2.87. The first-order chi connectivity index (χ1) is 15.1. The minimum atomic E-state index is 0.427. The normalized spacial score (nSPS) is 10.5. The molecule has 0 radical (unpaired) electrons. The number of aliphatic imine (C=N–C) groups is 1. The highest BCUT2D eigenvalue weighted by molar-refractivity contribution is 5.82. The van der Waals surface area contributed by atoms with Crippen molar-refractivity contribution < 1.29 is 9.53 Å². The molecule has 4 N–H and O–H groups in total. The van der Waals surface area contributed by atoms with Crippen molar-refractivity contribution in [2.24, 2.45) is 4.99 Å². The smallest absolute Gasteiger partial charge is 0.151 e. The van der Waals surface area contributed by atoms with Gasteiger partial charge in [-0.3, -0.25) is 10.3 Å². The first kappa shape index (κ1) is 26.1. The number of hydrogen-bond donors (Lipinski definition) is 3. The summed E-state index contributed by atoms with van der Waals surface area (Å²) >= 11 is 0. The van der Waals surface area contributed by atoms with Crippen LogP contribution in [0.4, 0.5) is 22.9 Å². The third-order valence-electron chi connectivity index (χ3n) is 4.52. The Bertz CT molecular complexity index is 770. The Morgan fingerprint density at radius 2 is 1.94 bits per heavy atom. The fraction of sp³-hybridized carbons (Fsp3) is 0.435. The minimum Gasteiger partial charge on any atom is -0.383 e. The summed E-state index contributed by atoms with van der Waals surface area (Å²) in [7, 11) is 2.09. The zero-order valence-corrected chi connectivity index (χ0v) is 18.9. The van der Waals surface area contributed by atoms with E-state index in [0.717, 1.165) is 43.9 Å². The van der Waals surface area contributed by atoms with Gasteiger partial charge in [-0.15, -0.1) is 0 Å². The van der Waals surface area contributed by atoms with Crippen LogP contribution in [-0.4, -0.2) is 58.0 Å².